The number of nitrogens with zero attached hydrogens (tertiary/aromatic N) is 2. The fourth-order valence-corrected chi connectivity index (χ4v) is 2.33. The minimum Gasteiger partial charge on any atom is -0.497 e. The molecule has 0 atom stereocenters. The van der Waals surface area contributed by atoms with E-state index in [-0.39, 0.29) is 5.91 Å². The van der Waals surface area contributed by atoms with Crippen molar-refractivity contribution in [2.24, 2.45) is 5.92 Å². The summed E-state index contributed by atoms with van der Waals surface area (Å²) < 4.78 is 5.18. The van der Waals surface area contributed by atoms with Gasteiger partial charge in [0.25, 0.3) is 0 Å². The Labute approximate surface area is 149 Å². The number of rotatable bonds is 6. The molecule has 0 fully saturated rings. The summed E-state index contributed by atoms with van der Waals surface area (Å²) in [6, 6.07) is 7.64. The third-order valence-corrected chi connectivity index (χ3v) is 3.46. The molecule has 1 heterocycles. The van der Waals surface area contributed by atoms with Crippen molar-refractivity contribution >= 4 is 17.8 Å². The molecular formula is C20H25N3O2. The van der Waals surface area contributed by atoms with Gasteiger partial charge in [0.1, 0.15) is 11.4 Å². The van der Waals surface area contributed by atoms with E-state index in [0.29, 0.717) is 23.9 Å². The number of nitrogens with one attached hydrogen (secondary N) is 1. The SMILES string of the molecule is COc1ccc(-c2cnc(NC(=O)CC(C)C)c(C=C(C)C)n2)cc1. The van der Waals surface area contributed by atoms with E-state index < -0.39 is 0 Å². The van der Waals surface area contributed by atoms with Gasteiger partial charge in [0.15, 0.2) is 5.82 Å². The average Bonchev–Trinajstić information content (AvgIpc) is 2.55. The van der Waals surface area contributed by atoms with Crippen LogP contribution < -0.4 is 10.1 Å². The highest BCUT2D eigenvalue weighted by Gasteiger charge is 2.12. The first kappa shape index (κ1) is 18.6. The molecule has 0 radical (unpaired) electrons. The number of hydrogen-bond acceptors (Lipinski definition) is 4. The van der Waals surface area contributed by atoms with Gasteiger partial charge in [0, 0.05) is 12.0 Å². The number of methoxy groups -OCH3 is 1. The second kappa shape index (κ2) is 8.42. The maximum atomic E-state index is 12.1. The van der Waals surface area contributed by atoms with Crippen molar-refractivity contribution in [3.8, 4) is 17.0 Å². The molecule has 0 saturated carbocycles. The predicted octanol–water partition coefficient (Wildman–Crippen LogP) is 4.56. The molecule has 0 aliphatic carbocycles. The molecule has 132 valence electrons. The molecule has 1 aromatic carbocycles. The number of benzene rings is 1. The Balaban J connectivity index is 2.35. The zero-order valence-corrected chi connectivity index (χ0v) is 15.5. The summed E-state index contributed by atoms with van der Waals surface area (Å²) in [6.45, 7) is 7.99. The molecule has 0 aliphatic rings. The van der Waals surface area contributed by atoms with Crippen molar-refractivity contribution in [2.45, 2.75) is 34.1 Å². The smallest absolute Gasteiger partial charge is 0.225 e. The maximum absolute atomic E-state index is 12.1. The minimum atomic E-state index is -0.0510. The molecule has 2 rings (SSSR count). The summed E-state index contributed by atoms with van der Waals surface area (Å²) in [6.07, 6.45) is 4.05. The summed E-state index contributed by atoms with van der Waals surface area (Å²) >= 11 is 0. The molecule has 1 aromatic heterocycles. The quantitative estimate of drug-likeness (QED) is 0.838. The van der Waals surface area contributed by atoms with Gasteiger partial charge in [-0.15, -0.1) is 0 Å². The van der Waals surface area contributed by atoms with Crippen LogP contribution in [0, 0.1) is 5.92 Å². The molecular weight excluding hydrogens is 314 g/mol. The lowest BCUT2D eigenvalue weighted by atomic mass is 10.1. The van der Waals surface area contributed by atoms with Crippen LogP contribution in [0.15, 0.2) is 36.0 Å². The van der Waals surface area contributed by atoms with Gasteiger partial charge in [0.2, 0.25) is 5.91 Å². The zero-order chi connectivity index (χ0) is 18.4. The summed E-state index contributed by atoms with van der Waals surface area (Å²) in [5.41, 5.74) is 3.43. The molecule has 1 N–H and O–H groups in total. The van der Waals surface area contributed by atoms with E-state index in [1.807, 2.05) is 58.0 Å². The summed E-state index contributed by atoms with van der Waals surface area (Å²) in [5.74, 6) is 1.52. The van der Waals surface area contributed by atoms with Gasteiger partial charge in [-0.3, -0.25) is 4.79 Å². The largest absolute Gasteiger partial charge is 0.497 e. The average molecular weight is 339 g/mol. The molecule has 0 saturated heterocycles. The normalized spacial score (nSPS) is 10.5. The first-order valence-electron chi connectivity index (χ1n) is 8.35. The van der Waals surface area contributed by atoms with Gasteiger partial charge in [-0.2, -0.15) is 0 Å². The van der Waals surface area contributed by atoms with Crippen LogP contribution in [0.2, 0.25) is 0 Å². The number of carbonyl (C=O) groups excluding carboxylic acids is 1. The van der Waals surface area contributed by atoms with E-state index in [2.05, 4.69) is 15.3 Å². The highest BCUT2D eigenvalue weighted by molar-refractivity contribution is 5.91. The van der Waals surface area contributed by atoms with Crippen molar-refractivity contribution in [1.82, 2.24) is 9.97 Å². The molecule has 5 heteroatoms. The van der Waals surface area contributed by atoms with Crippen LogP contribution in [0.5, 0.6) is 5.75 Å². The Morgan fingerprint density at radius 3 is 2.48 bits per heavy atom. The maximum Gasteiger partial charge on any atom is 0.225 e. The molecule has 0 spiro atoms. The fraction of sp³-hybridized carbons (Fsp3) is 0.350. The van der Waals surface area contributed by atoms with Crippen LogP contribution in [-0.2, 0) is 4.79 Å². The molecule has 0 bridgehead atoms. The molecule has 25 heavy (non-hydrogen) atoms. The number of anilines is 1. The van der Waals surface area contributed by atoms with E-state index >= 15 is 0 Å². The fourth-order valence-electron chi connectivity index (χ4n) is 2.33. The third kappa shape index (κ3) is 5.41. The van der Waals surface area contributed by atoms with Crippen molar-refractivity contribution in [1.29, 1.82) is 0 Å². The summed E-state index contributed by atoms with van der Waals surface area (Å²) in [7, 11) is 1.64. The Bertz CT molecular complexity index is 761. The molecule has 1 amide bonds. The van der Waals surface area contributed by atoms with Crippen LogP contribution in [-0.4, -0.2) is 23.0 Å². The van der Waals surface area contributed by atoms with Gasteiger partial charge >= 0.3 is 0 Å². The topological polar surface area (TPSA) is 64.1 Å². The van der Waals surface area contributed by atoms with E-state index in [1.165, 1.54) is 0 Å². The Morgan fingerprint density at radius 1 is 1.24 bits per heavy atom. The number of ether oxygens (including phenoxy) is 1. The number of carbonyl (C=O) groups is 1. The van der Waals surface area contributed by atoms with E-state index in [4.69, 9.17) is 4.74 Å². The Hall–Kier alpha value is -2.69. The van der Waals surface area contributed by atoms with Crippen molar-refractivity contribution in [3.05, 3.63) is 41.7 Å². The third-order valence-electron chi connectivity index (χ3n) is 3.46. The second-order valence-electron chi connectivity index (χ2n) is 6.59. The lowest BCUT2D eigenvalue weighted by Crippen LogP contribution is -2.16. The lowest BCUT2D eigenvalue weighted by molar-refractivity contribution is -0.116. The minimum absolute atomic E-state index is 0.0510. The molecule has 0 aliphatic heterocycles. The predicted molar refractivity (Wildman–Crippen MR) is 101 cm³/mol. The second-order valence-corrected chi connectivity index (χ2v) is 6.59. The lowest BCUT2D eigenvalue weighted by Gasteiger charge is -2.11. The Kier molecular flexibility index (Phi) is 6.28. The van der Waals surface area contributed by atoms with Crippen LogP contribution >= 0.6 is 0 Å². The van der Waals surface area contributed by atoms with Crippen molar-refractivity contribution in [3.63, 3.8) is 0 Å². The van der Waals surface area contributed by atoms with E-state index in [0.717, 1.165) is 22.6 Å². The number of hydrogen-bond donors (Lipinski definition) is 1. The highest BCUT2D eigenvalue weighted by atomic mass is 16.5. The molecule has 0 unspecified atom stereocenters. The van der Waals surface area contributed by atoms with Gasteiger partial charge in [0.05, 0.1) is 19.0 Å². The zero-order valence-electron chi connectivity index (χ0n) is 15.5. The summed E-state index contributed by atoms with van der Waals surface area (Å²) in [4.78, 5) is 21.2. The molecule has 2 aromatic rings. The van der Waals surface area contributed by atoms with Crippen molar-refractivity contribution < 1.29 is 9.53 Å². The highest BCUT2D eigenvalue weighted by Crippen LogP contribution is 2.23. The van der Waals surface area contributed by atoms with Crippen LogP contribution in [0.3, 0.4) is 0 Å². The van der Waals surface area contributed by atoms with Crippen LogP contribution in [0.1, 0.15) is 39.8 Å². The first-order valence-corrected chi connectivity index (χ1v) is 8.35. The van der Waals surface area contributed by atoms with E-state index in [9.17, 15) is 4.79 Å². The standard InChI is InChI=1S/C20H25N3O2/c1-13(2)10-17-20(23-19(24)11-14(3)4)21-12-18(22-17)15-6-8-16(25-5)9-7-15/h6-10,12,14H,11H2,1-5H3,(H,21,23,24). The van der Waals surface area contributed by atoms with Gasteiger partial charge < -0.3 is 10.1 Å². The van der Waals surface area contributed by atoms with Crippen LogP contribution in [0.25, 0.3) is 17.3 Å². The van der Waals surface area contributed by atoms with Crippen LogP contribution in [0.4, 0.5) is 5.82 Å². The number of aromatic nitrogens is 2. The van der Waals surface area contributed by atoms with Crippen molar-refractivity contribution in [2.75, 3.05) is 12.4 Å². The summed E-state index contributed by atoms with van der Waals surface area (Å²) in [5, 5.41) is 2.87. The van der Waals surface area contributed by atoms with Gasteiger partial charge in [-0.05, 0) is 50.1 Å². The first-order chi connectivity index (χ1) is 11.9. The number of amides is 1. The molecule has 5 nitrogen and oxygen atoms in total. The van der Waals surface area contributed by atoms with E-state index in [1.54, 1.807) is 13.3 Å². The number of allylic oxidation sites excluding steroid dienone is 1. The Morgan fingerprint density at radius 2 is 1.92 bits per heavy atom. The van der Waals surface area contributed by atoms with Gasteiger partial charge in [-0.25, -0.2) is 9.97 Å². The van der Waals surface area contributed by atoms with Gasteiger partial charge in [-0.1, -0.05) is 19.4 Å². The monoisotopic (exact) mass is 339 g/mol.